The number of fused-ring (bicyclic) bond motifs is 1. The van der Waals surface area contributed by atoms with Gasteiger partial charge in [-0.3, -0.25) is 9.59 Å². The van der Waals surface area contributed by atoms with Crippen molar-refractivity contribution in [2.24, 2.45) is 0 Å². The third-order valence-corrected chi connectivity index (χ3v) is 4.55. The van der Waals surface area contributed by atoms with Gasteiger partial charge in [-0.1, -0.05) is 35.5 Å². The number of rotatable bonds is 5. The Morgan fingerprint density at radius 3 is 2.84 bits per heavy atom. The molecule has 2 aromatic carbocycles. The second-order valence-corrected chi connectivity index (χ2v) is 6.71. The molecule has 8 heteroatoms. The molecule has 1 amide bonds. The van der Waals surface area contributed by atoms with Gasteiger partial charge in [0.05, 0.1) is 21.8 Å². The quantitative estimate of drug-likeness (QED) is 0.585. The number of carboxylic acids is 1. The molecule has 0 saturated heterocycles. The Bertz CT molecular complexity index is 971. The van der Waals surface area contributed by atoms with E-state index in [1.54, 1.807) is 12.1 Å². The van der Waals surface area contributed by atoms with Crippen molar-refractivity contribution >= 4 is 52.0 Å². The first-order valence-electron chi connectivity index (χ1n) is 7.34. The minimum Gasteiger partial charge on any atom is -0.481 e. The fourth-order valence-corrected chi connectivity index (χ4v) is 3.27. The lowest BCUT2D eigenvalue weighted by atomic mass is 10.0. The summed E-state index contributed by atoms with van der Waals surface area (Å²) in [6.45, 7) is 1.45. The molecule has 0 spiro atoms. The summed E-state index contributed by atoms with van der Waals surface area (Å²) in [5, 5.41) is 12.6. The molecular formula is C17H14ClN3O3S. The molecule has 3 aromatic rings. The Balaban J connectivity index is 1.97. The van der Waals surface area contributed by atoms with Gasteiger partial charge in [0.1, 0.15) is 0 Å². The number of nitrogens with zero attached hydrogens (tertiary/aromatic N) is 1. The van der Waals surface area contributed by atoms with Crippen LogP contribution in [0.25, 0.3) is 22.2 Å². The van der Waals surface area contributed by atoms with E-state index in [-0.39, 0.29) is 11.7 Å². The number of H-pyrrole nitrogens is 1. The van der Waals surface area contributed by atoms with E-state index in [4.69, 9.17) is 16.7 Å². The van der Waals surface area contributed by atoms with Gasteiger partial charge in [0.25, 0.3) is 0 Å². The van der Waals surface area contributed by atoms with Gasteiger partial charge in [-0.05, 0) is 29.8 Å². The fourth-order valence-electron chi connectivity index (χ4n) is 2.39. The SMILES string of the molecule is CC(=O)Nc1cccc(-c2cc3nc(SCC(=O)O)[nH]c3cc2Cl)c1. The maximum Gasteiger partial charge on any atom is 0.313 e. The number of anilines is 1. The zero-order valence-corrected chi connectivity index (χ0v) is 14.7. The van der Waals surface area contributed by atoms with Gasteiger partial charge in [-0.15, -0.1) is 0 Å². The topological polar surface area (TPSA) is 95.1 Å². The van der Waals surface area contributed by atoms with Gasteiger partial charge in [0, 0.05) is 18.2 Å². The van der Waals surface area contributed by atoms with Crippen LogP contribution in [0.2, 0.25) is 5.02 Å². The molecule has 3 rings (SSSR count). The number of halogens is 1. The number of hydrogen-bond donors (Lipinski definition) is 3. The van der Waals surface area contributed by atoms with Crippen molar-refractivity contribution in [2.45, 2.75) is 12.1 Å². The molecule has 0 aliphatic heterocycles. The van der Waals surface area contributed by atoms with Gasteiger partial charge >= 0.3 is 5.97 Å². The van der Waals surface area contributed by atoms with Gasteiger partial charge < -0.3 is 15.4 Å². The maximum absolute atomic E-state index is 11.2. The average Bonchev–Trinajstić information content (AvgIpc) is 2.93. The van der Waals surface area contributed by atoms with Crippen LogP contribution < -0.4 is 5.32 Å². The third kappa shape index (κ3) is 4.12. The molecule has 0 radical (unpaired) electrons. The zero-order chi connectivity index (χ0) is 18.0. The molecule has 128 valence electrons. The predicted molar refractivity (Wildman–Crippen MR) is 99.2 cm³/mol. The molecule has 1 heterocycles. The van der Waals surface area contributed by atoms with E-state index in [1.165, 1.54) is 6.92 Å². The number of nitrogens with one attached hydrogen (secondary N) is 2. The maximum atomic E-state index is 11.2. The van der Waals surface area contributed by atoms with E-state index in [1.807, 2.05) is 24.3 Å². The highest BCUT2D eigenvalue weighted by atomic mass is 35.5. The van der Waals surface area contributed by atoms with Crippen molar-refractivity contribution in [2.75, 3.05) is 11.1 Å². The van der Waals surface area contributed by atoms with E-state index in [2.05, 4.69) is 15.3 Å². The molecule has 6 nitrogen and oxygen atoms in total. The number of carbonyl (C=O) groups excluding carboxylic acids is 1. The molecule has 0 atom stereocenters. The van der Waals surface area contributed by atoms with Crippen molar-refractivity contribution in [3.8, 4) is 11.1 Å². The van der Waals surface area contributed by atoms with E-state index < -0.39 is 5.97 Å². The Morgan fingerprint density at radius 2 is 2.12 bits per heavy atom. The minimum absolute atomic E-state index is 0.0703. The van der Waals surface area contributed by atoms with E-state index >= 15 is 0 Å². The Hall–Kier alpha value is -2.51. The highest BCUT2D eigenvalue weighted by Crippen LogP contribution is 2.33. The number of aromatic amines is 1. The van der Waals surface area contributed by atoms with Crippen LogP contribution in [0.4, 0.5) is 5.69 Å². The van der Waals surface area contributed by atoms with Crippen LogP contribution in [0, 0.1) is 0 Å². The monoisotopic (exact) mass is 375 g/mol. The predicted octanol–water partition coefficient (Wildman–Crippen LogP) is 4.02. The zero-order valence-electron chi connectivity index (χ0n) is 13.2. The first kappa shape index (κ1) is 17.3. The summed E-state index contributed by atoms with van der Waals surface area (Å²) in [4.78, 5) is 29.3. The Labute approximate surface area is 152 Å². The number of hydrogen-bond acceptors (Lipinski definition) is 4. The second-order valence-electron chi connectivity index (χ2n) is 5.34. The molecule has 0 bridgehead atoms. The summed E-state index contributed by atoms with van der Waals surface area (Å²) in [7, 11) is 0. The highest BCUT2D eigenvalue weighted by molar-refractivity contribution is 7.99. The van der Waals surface area contributed by atoms with E-state index in [9.17, 15) is 9.59 Å². The highest BCUT2D eigenvalue weighted by Gasteiger charge is 2.11. The first-order chi connectivity index (χ1) is 11.9. The van der Waals surface area contributed by atoms with E-state index in [0.29, 0.717) is 21.4 Å². The summed E-state index contributed by atoms with van der Waals surface area (Å²) in [5.41, 5.74) is 3.74. The molecule has 0 saturated carbocycles. The lowest BCUT2D eigenvalue weighted by Crippen LogP contribution is -2.05. The molecule has 25 heavy (non-hydrogen) atoms. The molecular weight excluding hydrogens is 362 g/mol. The van der Waals surface area contributed by atoms with Crippen molar-refractivity contribution < 1.29 is 14.7 Å². The van der Waals surface area contributed by atoms with Gasteiger partial charge in [-0.2, -0.15) is 0 Å². The molecule has 0 unspecified atom stereocenters. The molecule has 1 aromatic heterocycles. The van der Waals surface area contributed by atoms with Crippen LogP contribution in [0.1, 0.15) is 6.92 Å². The lowest BCUT2D eigenvalue weighted by molar-refractivity contribution is -0.133. The number of carboxylic acid groups (broad SMARTS) is 1. The summed E-state index contributed by atoms with van der Waals surface area (Å²) in [6.07, 6.45) is 0. The van der Waals surface area contributed by atoms with Crippen LogP contribution in [0.3, 0.4) is 0 Å². The summed E-state index contributed by atoms with van der Waals surface area (Å²) in [5.74, 6) is -1.12. The van der Waals surface area contributed by atoms with Crippen molar-refractivity contribution in [3.63, 3.8) is 0 Å². The second kappa shape index (κ2) is 7.16. The van der Waals surface area contributed by atoms with Crippen LogP contribution >= 0.6 is 23.4 Å². The van der Waals surface area contributed by atoms with Gasteiger partial charge in [0.15, 0.2) is 5.16 Å². The number of aliphatic carboxylic acids is 1. The average molecular weight is 376 g/mol. The number of amides is 1. The molecule has 0 fully saturated rings. The fraction of sp³-hybridized carbons (Fsp3) is 0.118. The van der Waals surface area contributed by atoms with Crippen molar-refractivity contribution in [3.05, 3.63) is 41.4 Å². The molecule has 0 aliphatic carbocycles. The number of carbonyl (C=O) groups is 2. The van der Waals surface area contributed by atoms with E-state index in [0.717, 1.165) is 28.4 Å². The Kier molecular flexibility index (Phi) is 4.96. The van der Waals surface area contributed by atoms with Gasteiger partial charge in [-0.25, -0.2) is 4.98 Å². The smallest absolute Gasteiger partial charge is 0.313 e. The first-order valence-corrected chi connectivity index (χ1v) is 8.70. The summed E-state index contributed by atoms with van der Waals surface area (Å²) in [6, 6.07) is 11.0. The van der Waals surface area contributed by atoms with Crippen molar-refractivity contribution in [1.29, 1.82) is 0 Å². The molecule has 3 N–H and O–H groups in total. The number of thioether (sulfide) groups is 1. The Morgan fingerprint density at radius 1 is 1.32 bits per heavy atom. The number of benzene rings is 2. The summed E-state index contributed by atoms with van der Waals surface area (Å²) < 4.78 is 0. The third-order valence-electron chi connectivity index (χ3n) is 3.38. The molecule has 0 aliphatic rings. The van der Waals surface area contributed by atoms with Crippen LogP contribution in [-0.4, -0.2) is 32.7 Å². The number of aromatic nitrogens is 2. The normalized spacial score (nSPS) is 10.8. The lowest BCUT2D eigenvalue weighted by Gasteiger charge is -2.08. The van der Waals surface area contributed by atoms with Gasteiger partial charge in [0.2, 0.25) is 5.91 Å². The van der Waals surface area contributed by atoms with Crippen molar-refractivity contribution in [1.82, 2.24) is 9.97 Å². The largest absolute Gasteiger partial charge is 0.481 e. The van der Waals surface area contributed by atoms with Crippen LogP contribution in [0.5, 0.6) is 0 Å². The number of imidazole rings is 1. The van der Waals surface area contributed by atoms with Crippen LogP contribution in [0.15, 0.2) is 41.6 Å². The standard InChI is InChI=1S/C17H14ClN3O3S/c1-9(22)19-11-4-2-3-10(5-11)12-6-14-15(7-13(12)18)21-17(20-14)25-8-16(23)24/h2-7H,8H2,1H3,(H,19,22)(H,20,21)(H,23,24). The minimum atomic E-state index is -0.904. The summed E-state index contributed by atoms with van der Waals surface area (Å²) >= 11 is 7.51. The van der Waals surface area contributed by atoms with Crippen LogP contribution in [-0.2, 0) is 9.59 Å².